The molecule has 0 aliphatic carbocycles. The molecule has 0 radical (unpaired) electrons. The Balaban J connectivity index is 0.00000256. The summed E-state index contributed by atoms with van der Waals surface area (Å²) in [6, 6.07) is 11.3. The average Bonchev–Trinajstić information content (AvgIpc) is 3.44. The van der Waals surface area contributed by atoms with Gasteiger partial charge in [0.15, 0.2) is 23.4 Å². The molecule has 0 amide bonds. The van der Waals surface area contributed by atoms with Crippen LogP contribution in [0.15, 0.2) is 53.9 Å². The first-order valence-corrected chi connectivity index (χ1v) is 9.50. The first-order valence-electron chi connectivity index (χ1n) is 9.50. The van der Waals surface area contributed by atoms with Gasteiger partial charge < -0.3 is 15.5 Å². The highest BCUT2D eigenvalue weighted by molar-refractivity contribution is 14.0. The molecule has 0 bridgehead atoms. The predicted molar refractivity (Wildman–Crippen MR) is 125 cm³/mol. The molecule has 3 N–H and O–H groups in total. The number of aromatic nitrogens is 4. The van der Waals surface area contributed by atoms with Gasteiger partial charge in [0.2, 0.25) is 0 Å². The molecule has 1 fully saturated rings. The van der Waals surface area contributed by atoms with Crippen molar-refractivity contribution in [1.29, 1.82) is 0 Å². The molecule has 3 heterocycles. The van der Waals surface area contributed by atoms with Crippen molar-refractivity contribution in [2.75, 3.05) is 25.0 Å². The molecule has 1 atom stereocenters. The summed E-state index contributed by atoms with van der Waals surface area (Å²) in [6.45, 7) is 2.05. The minimum absolute atomic E-state index is 0. The lowest BCUT2D eigenvalue weighted by molar-refractivity contribution is 0.612. The Kier molecular flexibility index (Phi) is 7.55. The van der Waals surface area contributed by atoms with Crippen LogP contribution in [0.4, 0.5) is 10.2 Å². The van der Waals surface area contributed by atoms with Crippen LogP contribution in [-0.4, -0.2) is 52.3 Å². The molecule has 1 aliphatic heterocycles. The van der Waals surface area contributed by atoms with Gasteiger partial charge >= 0.3 is 0 Å². The van der Waals surface area contributed by atoms with Gasteiger partial charge in [-0.1, -0.05) is 18.2 Å². The van der Waals surface area contributed by atoms with Crippen LogP contribution in [0.5, 0.6) is 0 Å². The molecule has 158 valence electrons. The van der Waals surface area contributed by atoms with E-state index >= 15 is 0 Å². The lowest BCUT2D eigenvalue weighted by atomic mass is 10.1. The van der Waals surface area contributed by atoms with Gasteiger partial charge in [-0.3, -0.25) is 10.1 Å². The van der Waals surface area contributed by atoms with Crippen LogP contribution in [-0.2, 0) is 6.54 Å². The summed E-state index contributed by atoms with van der Waals surface area (Å²) >= 11 is 0. The molecule has 1 aliphatic rings. The SMILES string of the molecule is CN=C(NCc1cccc(-c2ncn[nH]2)c1)NC1CCN(c2ncccc2F)C1.I. The highest BCUT2D eigenvalue weighted by Gasteiger charge is 2.25. The first kappa shape index (κ1) is 21.9. The average molecular weight is 522 g/mol. The summed E-state index contributed by atoms with van der Waals surface area (Å²) in [5.41, 5.74) is 2.08. The number of anilines is 1. The Labute approximate surface area is 191 Å². The van der Waals surface area contributed by atoms with Gasteiger partial charge in [-0.15, -0.1) is 24.0 Å². The van der Waals surface area contributed by atoms with Crippen molar-refractivity contribution in [2.24, 2.45) is 4.99 Å². The maximum absolute atomic E-state index is 14.0. The molecule has 4 rings (SSSR count). The van der Waals surface area contributed by atoms with Crippen molar-refractivity contribution in [3.05, 3.63) is 60.3 Å². The van der Waals surface area contributed by atoms with Gasteiger partial charge in [0, 0.05) is 44.5 Å². The van der Waals surface area contributed by atoms with Gasteiger partial charge in [0.25, 0.3) is 0 Å². The van der Waals surface area contributed by atoms with E-state index in [0.29, 0.717) is 24.9 Å². The van der Waals surface area contributed by atoms with Crippen molar-refractivity contribution < 1.29 is 4.39 Å². The van der Waals surface area contributed by atoms with E-state index in [1.165, 1.54) is 12.4 Å². The summed E-state index contributed by atoms with van der Waals surface area (Å²) in [7, 11) is 1.74. The number of rotatable bonds is 5. The third-order valence-electron chi connectivity index (χ3n) is 4.87. The van der Waals surface area contributed by atoms with Crippen molar-refractivity contribution >= 4 is 35.8 Å². The van der Waals surface area contributed by atoms with Gasteiger partial charge in [0.05, 0.1) is 0 Å². The minimum atomic E-state index is -0.290. The topological polar surface area (TPSA) is 94.1 Å². The Bertz CT molecular complexity index is 978. The van der Waals surface area contributed by atoms with Gasteiger partial charge in [-0.2, -0.15) is 5.10 Å². The molecule has 2 aromatic heterocycles. The van der Waals surface area contributed by atoms with E-state index in [0.717, 1.165) is 29.9 Å². The highest BCUT2D eigenvalue weighted by Crippen LogP contribution is 2.20. The standard InChI is InChI=1S/C20H23FN8.HI/c1-22-20(24-11-14-4-2-5-15(10-14)18-25-13-26-28-18)27-16-7-9-29(12-16)19-17(21)6-3-8-23-19;/h2-6,8,10,13,16H,7,9,11-12H2,1H3,(H2,22,24,27)(H,25,26,28);1H. The molecule has 0 saturated carbocycles. The Morgan fingerprint density at radius 1 is 1.30 bits per heavy atom. The molecule has 1 unspecified atom stereocenters. The van der Waals surface area contributed by atoms with Crippen LogP contribution in [0.1, 0.15) is 12.0 Å². The number of guanidine groups is 1. The fourth-order valence-corrected chi connectivity index (χ4v) is 3.43. The normalized spacial score (nSPS) is 16.3. The zero-order valence-electron chi connectivity index (χ0n) is 16.5. The van der Waals surface area contributed by atoms with Gasteiger partial charge in [0.1, 0.15) is 6.33 Å². The summed E-state index contributed by atoms with van der Waals surface area (Å²) < 4.78 is 14.0. The second-order valence-corrected chi connectivity index (χ2v) is 6.85. The molecule has 0 spiro atoms. The quantitative estimate of drug-likeness (QED) is 0.271. The van der Waals surface area contributed by atoms with Crippen LogP contribution < -0.4 is 15.5 Å². The smallest absolute Gasteiger partial charge is 0.191 e. The number of benzene rings is 1. The van der Waals surface area contributed by atoms with E-state index in [-0.39, 0.29) is 35.8 Å². The predicted octanol–water partition coefficient (Wildman–Crippen LogP) is 2.57. The number of H-pyrrole nitrogens is 1. The van der Waals surface area contributed by atoms with Gasteiger partial charge in [-0.25, -0.2) is 14.4 Å². The van der Waals surface area contributed by atoms with Crippen molar-refractivity contribution in [3.63, 3.8) is 0 Å². The van der Waals surface area contributed by atoms with E-state index in [1.54, 1.807) is 19.3 Å². The molecule has 3 aromatic rings. The van der Waals surface area contributed by atoms with E-state index in [9.17, 15) is 4.39 Å². The molecule has 30 heavy (non-hydrogen) atoms. The fourth-order valence-electron chi connectivity index (χ4n) is 3.43. The van der Waals surface area contributed by atoms with E-state index in [1.807, 2.05) is 23.1 Å². The van der Waals surface area contributed by atoms with E-state index in [4.69, 9.17) is 0 Å². The largest absolute Gasteiger partial charge is 0.352 e. The van der Waals surface area contributed by atoms with Crippen LogP contribution in [0.2, 0.25) is 0 Å². The van der Waals surface area contributed by atoms with Crippen LogP contribution in [0, 0.1) is 5.82 Å². The van der Waals surface area contributed by atoms with E-state index in [2.05, 4.69) is 41.9 Å². The summed E-state index contributed by atoms with van der Waals surface area (Å²) in [5.74, 6) is 1.57. The van der Waals surface area contributed by atoms with Crippen molar-refractivity contribution in [3.8, 4) is 11.4 Å². The maximum atomic E-state index is 14.0. The van der Waals surface area contributed by atoms with E-state index < -0.39 is 0 Å². The molecule has 8 nitrogen and oxygen atoms in total. The van der Waals surface area contributed by atoms with Crippen LogP contribution >= 0.6 is 24.0 Å². The number of hydrogen-bond acceptors (Lipinski definition) is 5. The Morgan fingerprint density at radius 3 is 2.97 bits per heavy atom. The first-order chi connectivity index (χ1) is 14.2. The molecule has 10 heteroatoms. The third kappa shape index (κ3) is 5.23. The maximum Gasteiger partial charge on any atom is 0.191 e. The molecule has 1 saturated heterocycles. The van der Waals surface area contributed by atoms with Crippen LogP contribution in [0.3, 0.4) is 0 Å². The third-order valence-corrected chi connectivity index (χ3v) is 4.87. The lowest BCUT2D eigenvalue weighted by Crippen LogP contribution is -2.44. The zero-order chi connectivity index (χ0) is 20.1. The lowest BCUT2D eigenvalue weighted by Gasteiger charge is -2.20. The minimum Gasteiger partial charge on any atom is -0.352 e. The highest BCUT2D eigenvalue weighted by atomic mass is 127. The second-order valence-electron chi connectivity index (χ2n) is 6.85. The number of halogens is 2. The Hall–Kier alpha value is -2.76. The fraction of sp³-hybridized carbons (Fsp3) is 0.300. The molecule has 1 aromatic carbocycles. The molecular weight excluding hydrogens is 498 g/mol. The number of hydrogen-bond donors (Lipinski definition) is 3. The molecular formula is C20H24FIN8. The van der Waals surface area contributed by atoms with Crippen molar-refractivity contribution in [2.45, 2.75) is 19.0 Å². The van der Waals surface area contributed by atoms with Gasteiger partial charge in [-0.05, 0) is 30.2 Å². The van der Waals surface area contributed by atoms with Crippen LogP contribution in [0.25, 0.3) is 11.4 Å². The number of aliphatic imine (C=N–C) groups is 1. The number of nitrogens with zero attached hydrogens (tertiary/aromatic N) is 5. The number of nitrogens with one attached hydrogen (secondary N) is 3. The number of pyridine rings is 1. The summed E-state index contributed by atoms with van der Waals surface area (Å²) in [4.78, 5) is 14.6. The zero-order valence-corrected chi connectivity index (χ0v) is 18.9. The summed E-state index contributed by atoms with van der Waals surface area (Å²) in [5, 5.41) is 13.5. The number of aromatic amines is 1. The second kappa shape index (κ2) is 10.3. The monoisotopic (exact) mass is 522 g/mol. The summed E-state index contributed by atoms with van der Waals surface area (Å²) in [6.07, 6.45) is 4.00. The van der Waals surface area contributed by atoms with Crippen molar-refractivity contribution in [1.82, 2.24) is 30.8 Å². The Morgan fingerprint density at radius 2 is 2.20 bits per heavy atom.